The molecule has 46 heavy (non-hydrogen) atoms. The maximum atomic E-state index is 14.3. The Morgan fingerprint density at radius 2 is 1.96 bits per heavy atom. The number of carbonyl (C=O) groups excluding carboxylic acids is 1. The molecule has 0 bridgehead atoms. The Kier molecular flexibility index (Phi) is 9.35. The maximum absolute atomic E-state index is 14.3. The van der Waals surface area contributed by atoms with Gasteiger partial charge in [-0.15, -0.1) is 0 Å². The van der Waals surface area contributed by atoms with Gasteiger partial charge in [0.05, 0.1) is 12.3 Å². The van der Waals surface area contributed by atoms with Crippen molar-refractivity contribution in [1.82, 2.24) is 19.7 Å². The van der Waals surface area contributed by atoms with Gasteiger partial charge < -0.3 is 35.4 Å². The number of aliphatic hydroxyl groups is 2. The minimum Gasteiger partial charge on any atom is -0.465 e. The summed E-state index contributed by atoms with van der Waals surface area (Å²) >= 11 is 0. The first-order valence-corrected chi connectivity index (χ1v) is 17.0. The molecule has 6 N–H and O–H groups in total. The molecular weight excluding hydrogens is 615 g/mol. The van der Waals surface area contributed by atoms with Crippen molar-refractivity contribution in [2.45, 2.75) is 101 Å². The summed E-state index contributed by atoms with van der Waals surface area (Å²) in [4.78, 5) is 16.7. The highest BCUT2D eigenvalue weighted by Crippen LogP contribution is 2.63. The van der Waals surface area contributed by atoms with E-state index < -0.39 is 49.3 Å². The Hall–Kier alpha value is -3.39. The van der Waals surface area contributed by atoms with E-state index in [-0.39, 0.29) is 29.3 Å². The largest absolute Gasteiger partial charge is 0.465 e. The van der Waals surface area contributed by atoms with E-state index in [0.717, 1.165) is 31.0 Å². The molecule has 1 aliphatic heterocycles. The number of carbonyl (C=O) groups is 1. The molecule has 2 aromatic heterocycles. The lowest BCUT2D eigenvalue weighted by Crippen LogP contribution is -2.49. The average Bonchev–Trinajstić information content (AvgIpc) is 3.27. The number of aliphatic hydroxyl groups excluding tert-OH is 1. The van der Waals surface area contributed by atoms with Gasteiger partial charge >= 0.3 is 13.7 Å². The second-order valence-corrected chi connectivity index (χ2v) is 14.5. The Labute approximate surface area is 267 Å². The van der Waals surface area contributed by atoms with Crippen molar-refractivity contribution in [1.29, 1.82) is 5.41 Å². The number of nitrogens with two attached hydrogens (primary N) is 1. The number of nitrogens with zero attached hydrogens (tertiary/aromatic N) is 3. The maximum Gasteiger partial charge on any atom is 0.459 e. The predicted octanol–water partition coefficient (Wildman–Crippen LogP) is 3.63. The molecule has 0 amide bonds. The van der Waals surface area contributed by atoms with Gasteiger partial charge in [0.2, 0.25) is 0 Å². The number of unbranched alkanes of at least 4 members (excludes halogenated alkanes) is 3. The molecule has 0 radical (unpaired) electrons. The molecule has 3 heterocycles. The van der Waals surface area contributed by atoms with Crippen molar-refractivity contribution in [3.8, 4) is 5.75 Å². The molecule has 2 aliphatic rings. The zero-order valence-corrected chi connectivity index (χ0v) is 27.6. The number of aromatic nitrogens is 3. The molecule has 1 aromatic carbocycles. The standard InChI is InChI=1S/C31H43N6O8P/c1-6-7-8-9-16-42-27(38)19(2)36-46(41,44-21-12-10-20(11-13-21)29(3,4)5)45-25-24-31(25,40)28(39)30(17-32,43-24)23-15-14-22-26(33)34-18-35-37(22)23/h10-15,17-19,24-25,28,32,39-40H,6-9,16H2,1-5H3,(H,36,41)(H2,33,34,35)/t19-,24+,25?,28-,30-,31-,46?/m0/s1. The third-order valence-corrected chi connectivity index (χ3v) is 10.1. The van der Waals surface area contributed by atoms with E-state index in [2.05, 4.69) is 42.9 Å². The highest BCUT2D eigenvalue weighted by Gasteiger charge is 2.83. The summed E-state index contributed by atoms with van der Waals surface area (Å²) in [6.45, 7) is 9.93. The van der Waals surface area contributed by atoms with Crippen LogP contribution in [0.15, 0.2) is 42.7 Å². The van der Waals surface area contributed by atoms with Gasteiger partial charge in [-0.1, -0.05) is 59.1 Å². The van der Waals surface area contributed by atoms with Crippen LogP contribution in [0.3, 0.4) is 0 Å². The molecule has 2 unspecified atom stereocenters. The highest BCUT2D eigenvalue weighted by molar-refractivity contribution is 7.52. The number of benzene rings is 1. The van der Waals surface area contributed by atoms with Crippen LogP contribution >= 0.6 is 7.75 Å². The molecule has 2 fully saturated rings. The van der Waals surface area contributed by atoms with Crippen LogP contribution in [0, 0.1) is 5.41 Å². The Bertz CT molecular complexity index is 1630. The van der Waals surface area contributed by atoms with Gasteiger partial charge in [-0.2, -0.15) is 10.2 Å². The fourth-order valence-corrected chi connectivity index (χ4v) is 7.41. The summed E-state index contributed by atoms with van der Waals surface area (Å²) in [6.07, 6.45) is 1.47. The number of rotatable bonds is 14. The first kappa shape index (κ1) is 34.0. The van der Waals surface area contributed by atoms with Gasteiger partial charge in [0.15, 0.2) is 17.0 Å². The van der Waals surface area contributed by atoms with E-state index >= 15 is 0 Å². The smallest absolute Gasteiger partial charge is 0.459 e. The summed E-state index contributed by atoms with van der Waals surface area (Å²) in [6, 6.07) is 8.98. The molecule has 7 atom stereocenters. The van der Waals surface area contributed by atoms with E-state index in [1.165, 1.54) is 17.8 Å². The third kappa shape index (κ3) is 6.17. The summed E-state index contributed by atoms with van der Waals surface area (Å²) < 4.78 is 38.9. The lowest BCUT2D eigenvalue weighted by molar-refractivity contribution is -0.145. The number of esters is 1. The Balaban J connectivity index is 1.37. The summed E-state index contributed by atoms with van der Waals surface area (Å²) in [5, 5.41) is 38.1. The quantitative estimate of drug-likeness (QED) is 0.0729. The first-order valence-electron chi connectivity index (χ1n) is 15.4. The molecule has 1 saturated carbocycles. The molecule has 15 heteroatoms. The normalized spacial score (nSPS) is 27.5. The first-order chi connectivity index (χ1) is 21.7. The summed E-state index contributed by atoms with van der Waals surface area (Å²) in [5.74, 6) is -0.288. The molecule has 1 saturated heterocycles. The van der Waals surface area contributed by atoms with E-state index in [1.54, 1.807) is 24.3 Å². The molecule has 250 valence electrons. The highest BCUT2D eigenvalue weighted by atomic mass is 31.2. The van der Waals surface area contributed by atoms with Gasteiger partial charge in [-0.3, -0.25) is 9.32 Å². The second kappa shape index (κ2) is 12.7. The Morgan fingerprint density at radius 1 is 1.24 bits per heavy atom. The second-order valence-electron chi connectivity index (χ2n) is 12.9. The number of hydrogen-bond acceptors (Lipinski definition) is 12. The minimum atomic E-state index is -4.43. The molecule has 0 spiro atoms. The van der Waals surface area contributed by atoms with Gasteiger partial charge in [0.1, 0.15) is 41.9 Å². The number of fused-ring (bicyclic) bond motifs is 2. The van der Waals surface area contributed by atoms with Crippen LogP contribution < -0.4 is 15.3 Å². The Morgan fingerprint density at radius 3 is 2.57 bits per heavy atom. The van der Waals surface area contributed by atoms with Crippen molar-refractivity contribution in [2.75, 3.05) is 12.3 Å². The van der Waals surface area contributed by atoms with E-state index in [1.807, 2.05) is 12.1 Å². The van der Waals surface area contributed by atoms with E-state index in [4.69, 9.17) is 29.7 Å². The van der Waals surface area contributed by atoms with Crippen molar-refractivity contribution in [3.05, 3.63) is 54.0 Å². The number of nitrogen functional groups attached to an aromatic ring is 1. The monoisotopic (exact) mass is 658 g/mol. The van der Waals surface area contributed by atoms with Crippen LogP contribution in [-0.4, -0.2) is 73.6 Å². The zero-order chi connectivity index (χ0) is 33.5. The number of hydrogen-bond donors (Lipinski definition) is 5. The molecule has 14 nitrogen and oxygen atoms in total. The molecular formula is C31H43N6O8P. The molecule has 3 aromatic rings. The molecule has 1 aliphatic carbocycles. The average molecular weight is 659 g/mol. The fourth-order valence-electron chi connectivity index (χ4n) is 5.69. The number of anilines is 1. The summed E-state index contributed by atoms with van der Waals surface area (Å²) in [5.41, 5.74) is 3.56. The van der Waals surface area contributed by atoms with Crippen LogP contribution in [0.2, 0.25) is 0 Å². The van der Waals surface area contributed by atoms with Crippen LogP contribution in [0.1, 0.15) is 71.6 Å². The van der Waals surface area contributed by atoms with Crippen LogP contribution in [-0.2, 0) is 34.4 Å². The van der Waals surface area contributed by atoms with Crippen LogP contribution in [0.4, 0.5) is 5.82 Å². The lowest BCUT2D eigenvalue weighted by atomic mass is 9.87. The third-order valence-electron chi connectivity index (χ3n) is 8.49. The van der Waals surface area contributed by atoms with Crippen molar-refractivity contribution < 1.29 is 38.1 Å². The van der Waals surface area contributed by atoms with Crippen molar-refractivity contribution >= 4 is 31.3 Å². The van der Waals surface area contributed by atoms with Crippen LogP contribution in [0.5, 0.6) is 5.75 Å². The molecule has 5 rings (SSSR count). The lowest BCUT2D eigenvalue weighted by Gasteiger charge is -2.33. The van der Waals surface area contributed by atoms with Gasteiger partial charge in [-0.05, 0) is 48.6 Å². The number of nitrogens with one attached hydrogen (secondary N) is 2. The summed E-state index contributed by atoms with van der Waals surface area (Å²) in [7, 11) is -4.43. The van der Waals surface area contributed by atoms with E-state index in [0.29, 0.717) is 11.9 Å². The SMILES string of the molecule is CCCCCCOC(=O)[C@H](C)NP(=O)(Oc1ccc(C(C)(C)C)cc1)OC1[C@H]2O[C@@](C=N)(c3ccc4c(N)ncnn34)[C@H](O)[C@@]12O. The van der Waals surface area contributed by atoms with Crippen LogP contribution in [0.25, 0.3) is 5.52 Å². The topological polar surface area (TPSA) is 204 Å². The number of ether oxygens (including phenoxy) is 2. The van der Waals surface area contributed by atoms with E-state index in [9.17, 15) is 19.6 Å². The van der Waals surface area contributed by atoms with Gasteiger partial charge in [0.25, 0.3) is 0 Å². The van der Waals surface area contributed by atoms with Crippen molar-refractivity contribution in [3.63, 3.8) is 0 Å². The predicted molar refractivity (Wildman–Crippen MR) is 170 cm³/mol. The van der Waals surface area contributed by atoms with Gasteiger partial charge in [-0.25, -0.2) is 14.1 Å². The van der Waals surface area contributed by atoms with Gasteiger partial charge in [0, 0.05) is 6.21 Å². The fraction of sp³-hybridized carbons (Fsp3) is 0.548. The zero-order valence-electron chi connectivity index (χ0n) is 26.7. The minimum absolute atomic E-state index is 0.140. The van der Waals surface area contributed by atoms with Crippen molar-refractivity contribution in [2.24, 2.45) is 0 Å².